The van der Waals surface area contributed by atoms with Crippen LogP contribution in [0, 0.1) is 5.92 Å². The number of rotatable bonds is 5. The molecular weight excluding hydrogens is 444 g/mol. The van der Waals surface area contributed by atoms with Crippen molar-refractivity contribution in [3.8, 4) is 17.2 Å². The van der Waals surface area contributed by atoms with E-state index >= 15 is 0 Å². The minimum atomic E-state index is -3.78. The number of nitrogens with one attached hydrogen (secondary N) is 1. The lowest BCUT2D eigenvalue weighted by atomic mass is 9.98. The predicted octanol–water partition coefficient (Wildman–Crippen LogP) is 3.16. The van der Waals surface area contributed by atoms with Gasteiger partial charge in [-0.2, -0.15) is 4.31 Å². The van der Waals surface area contributed by atoms with Crippen LogP contribution in [-0.2, 0) is 14.8 Å². The van der Waals surface area contributed by atoms with Crippen molar-refractivity contribution in [2.24, 2.45) is 5.92 Å². The molecule has 0 saturated carbocycles. The lowest BCUT2D eigenvalue weighted by molar-refractivity contribution is -0.120. The van der Waals surface area contributed by atoms with Crippen molar-refractivity contribution in [3.63, 3.8) is 0 Å². The molecule has 1 unspecified atom stereocenters. The van der Waals surface area contributed by atoms with Crippen molar-refractivity contribution >= 4 is 33.2 Å². The monoisotopic (exact) mass is 466 g/mol. The summed E-state index contributed by atoms with van der Waals surface area (Å²) in [6, 6.07) is 9.54. The second-order valence-corrected chi connectivity index (χ2v) is 9.69. The summed E-state index contributed by atoms with van der Waals surface area (Å²) in [5.41, 5.74) is 0.580. The lowest BCUT2D eigenvalue weighted by Crippen LogP contribution is -2.43. The van der Waals surface area contributed by atoms with Crippen LogP contribution in [0.1, 0.15) is 12.8 Å². The molecule has 1 fully saturated rings. The quantitative estimate of drug-likeness (QED) is 0.727. The Morgan fingerprint density at radius 3 is 2.68 bits per heavy atom. The fourth-order valence-corrected chi connectivity index (χ4v) is 5.57. The minimum absolute atomic E-state index is 0.0752. The highest BCUT2D eigenvalue weighted by molar-refractivity contribution is 7.89. The van der Waals surface area contributed by atoms with Crippen molar-refractivity contribution in [1.29, 1.82) is 0 Å². The highest BCUT2D eigenvalue weighted by Crippen LogP contribution is 2.33. The number of ether oxygens (including phenoxy) is 3. The number of carbonyl (C=O) groups excluding carboxylic acids is 1. The molecular formula is C21H23ClN2O6S. The van der Waals surface area contributed by atoms with Crippen molar-refractivity contribution in [2.45, 2.75) is 17.7 Å². The van der Waals surface area contributed by atoms with Crippen LogP contribution in [0.2, 0.25) is 5.02 Å². The molecule has 2 aromatic carbocycles. The highest BCUT2D eigenvalue weighted by Gasteiger charge is 2.33. The Morgan fingerprint density at radius 2 is 1.94 bits per heavy atom. The van der Waals surface area contributed by atoms with E-state index in [1.54, 1.807) is 18.2 Å². The first-order chi connectivity index (χ1) is 14.9. The van der Waals surface area contributed by atoms with E-state index in [4.69, 9.17) is 25.8 Å². The van der Waals surface area contributed by atoms with Crippen molar-refractivity contribution < 1.29 is 27.4 Å². The summed E-state index contributed by atoms with van der Waals surface area (Å²) < 4.78 is 43.6. The minimum Gasteiger partial charge on any atom is -0.495 e. The van der Waals surface area contributed by atoms with E-state index in [0.29, 0.717) is 55.5 Å². The molecule has 2 aliphatic heterocycles. The van der Waals surface area contributed by atoms with Gasteiger partial charge in [0.15, 0.2) is 11.5 Å². The molecule has 2 heterocycles. The molecule has 0 aromatic heterocycles. The van der Waals surface area contributed by atoms with E-state index in [0.717, 1.165) is 0 Å². The van der Waals surface area contributed by atoms with Crippen molar-refractivity contribution in [1.82, 2.24) is 4.31 Å². The molecule has 31 heavy (non-hydrogen) atoms. The number of amides is 1. The lowest BCUT2D eigenvalue weighted by Gasteiger charge is -2.31. The molecule has 1 saturated heterocycles. The number of halogens is 1. The first-order valence-electron chi connectivity index (χ1n) is 9.92. The number of fused-ring (bicyclic) bond motifs is 1. The molecule has 166 valence electrons. The molecule has 0 aliphatic carbocycles. The summed E-state index contributed by atoms with van der Waals surface area (Å²) >= 11 is 6.10. The zero-order chi connectivity index (χ0) is 22.0. The van der Waals surface area contributed by atoms with Crippen LogP contribution in [0.5, 0.6) is 17.2 Å². The standard InChI is InChI=1S/C21H23ClN2O6S/c1-28-18-7-5-16(12-17(18)22)31(26,27)24-8-2-3-14(13-24)21(25)23-15-4-6-19-20(11-15)30-10-9-29-19/h4-7,11-12,14H,2-3,8-10,13H2,1H3,(H,23,25). The summed E-state index contributed by atoms with van der Waals surface area (Å²) in [7, 11) is -2.32. The average molecular weight is 467 g/mol. The second kappa shape index (κ2) is 8.94. The number of hydrogen-bond donors (Lipinski definition) is 1. The van der Waals surface area contributed by atoms with Gasteiger partial charge in [-0.25, -0.2) is 8.42 Å². The Balaban J connectivity index is 1.46. The van der Waals surface area contributed by atoms with Crippen LogP contribution >= 0.6 is 11.6 Å². The number of piperidine rings is 1. The number of benzene rings is 2. The smallest absolute Gasteiger partial charge is 0.243 e. The number of carbonyl (C=O) groups is 1. The molecule has 4 rings (SSSR count). The molecule has 8 nitrogen and oxygen atoms in total. The van der Waals surface area contributed by atoms with E-state index in [-0.39, 0.29) is 22.4 Å². The molecule has 0 bridgehead atoms. The largest absolute Gasteiger partial charge is 0.495 e. The fourth-order valence-electron chi connectivity index (χ4n) is 3.70. The van der Waals surface area contributed by atoms with Gasteiger partial charge in [0, 0.05) is 24.8 Å². The third kappa shape index (κ3) is 4.58. The number of anilines is 1. The van der Waals surface area contributed by atoms with E-state index in [1.165, 1.54) is 29.6 Å². The maximum atomic E-state index is 13.1. The molecule has 2 aliphatic rings. The van der Waals surface area contributed by atoms with Gasteiger partial charge in [0.2, 0.25) is 15.9 Å². The van der Waals surface area contributed by atoms with Gasteiger partial charge in [-0.05, 0) is 43.2 Å². The van der Waals surface area contributed by atoms with Crippen LogP contribution in [-0.4, -0.2) is 52.0 Å². The van der Waals surface area contributed by atoms with Crippen molar-refractivity contribution in [3.05, 3.63) is 41.4 Å². The van der Waals surface area contributed by atoms with Gasteiger partial charge in [0.25, 0.3) is 0 Å². The van der Waals surface area contributed by atoms with E-state index in [9.17, 15) is 13.2 Å². The first kappa shape index (κ1) is 21.7. The Bertz CT molecular complexity index is 1090. The molecule has 1 N–H and O–H groups in total. The third-order valence-electron chi connectivity index (χ3n) is 5.33. The molecule has 10 heteroatoms. The zero-order valence-corrected chi connectivity index (χ0v) is 18.5. The maximum absolute atomic E-state index is 13.1. The van der Waals surface area contributed by atoms with Gasteiger partial charge in [0.1, 0.15) is 19.0 Å². The van der Waals surface area contributed by atoms with Gasteiger partial charge in [0.05, 0.1) is 22.9 Å². The summed E-state index contributed by atoms with van der Waals surface area (Å²) in [6.07, 6.45) is 1.19. The Morgan fingerprint density at radius 1 is 1.16 bits per heavy atom. The van der Waals surface area contributed by atoms with Gasteiger partial charge in [-0.3, -0.25) is 4.79 Å². The van der Waals surface area contributed by atoms with Crippen LogP contribution in [0.15, 0.2) is 41.3 Å². The normalized spacial score (nSPS) is 19.0. The van der Waals surface area contributed by atoms with Crippen LogP contribution in [0.25, 0.3) is 0 Å². The number of hydrogen-bond acceptors (Lipinski definition) is 6. The van der Waals surface area contributed by atoms with E-state index < -0.39 is 15.9 Å². The molecule has 0 radical (unpaired) electrons. The molecule has 0 spiro atoms. The van der Waals surface area contributed by atoms with Gasteiger partial charge in [-0.1, -0.05) is 11.6 Å². The third-order valence-corrected chi connectivity index (χ3v) is 7.48. The molecule has 2 aromatic rings. The topological polar surface area (TPSA) is 94.2 Å². The summed E-state index contributed by atoms with van der Waals surface area (Å²) in [5.74, 6) is 0.913. The second-order valence-electron chi connectivity index (χ2n) is 7.35. The number of nitrogens with zero attached hydrogens (tertiary/aromatic N) is 1. The average Bonchev–Trinajstić information content (AvgIpc) is 2.79. The van der Waals surface area contributed by atoms with Gasteiger partial charge >= 0.3 is 0 Å². The van der Waals surface area contributed by atoms with Crippen LogP contribution < -0.4 is 19.5 Å². The van der Waals surface area contributed by atoms with E-state index in [2.05, 4.69) is 5.32 Å². The van der Waals surface area contributed by atoms with E-state index in [1.807, 2.05) is 0 Å². The van der Waals surface area contributed by atoms with Gasteiger partial charge in [-0.15, -0.1) is 0 Å². The predicted molar refractivity (Wildman–Crippen MR) is 116 cm³/mol. The Hall–Kier alpha value is -2.49. The van der Waals surface area contributed by atoms with Gasteiger partial charge < -0.3 is 19.5 Å². The number of methoxy groups -OCH3 is 1. The van der Waals surface area contributed by atoms with Crippen LogP contribution in [0.4, 0.5) is 5.69 Å². The first-order valence-corrected chi connectivity index (χ1v) is 11.7. The Labute approximate surface area is 186 Å². The zero-order valence-electron chi connectivity index (χ0n) is 17.0. The summed E-state index contributed by atoms with van der Waals surface area (Å²) in [5, 5.41) is 3.08. The summed E-state index contributed by atoms with van der Waals surface area (Å²) in [6.45, 7) is 1.39. The number of sulfonamides is 1. The summed E-state index contributed by atoms with van der Waals surface area (Å²) in [4.78, 5) is 12.9. The maximum Gasteiger partial charge on any atom is 0.243 e. The SMILES string of the molecule is COc1ccc(S(=O)(=O)N2CCCC(C(=O)Nc3ccc4c(c3)OCCO4)C2)cc1Cl. The molecule has 1 atom stereocenters. The highest BCUT2D eigenvalue weighted by atomic mass is 35.5. The Kier molecular flexibility index (Phi) is 6.27. The van der Waals surface area contributed by atoms with Crippen LogP contribution in [0.3, 0.4) is 0 Å². The van der Waals surface area contributed by atoms with Crippen molar-refractivity contribution in [2.75, 3.05) is 38.7 Å². The fraction of sp³-hybridized carbons (Fsp3) is 0.381. The molecule has 1 amide bonds.